The highest BCUT2D eigenvalue weighted by molar-refractivity contribution is 6.14. The van der Waals surface area contributed by atoms with E-state index in [2.05, 4.69) is 15.0 Å². The predicted octanol–water partition coefficient (Wildman–Crippen LogP) is 2.24. The van der Waals surface area contributed by atoms with Crippen molar-refractivity contribution < 1.29 is 19.1 Å². The molecule has 0 bridgehead atoms. The van der Waals surface area contributed by atoms with Crippen molar-refractivity contribution in [3.63, 3.8) is 0 Å². The second-order valence-corrected chi connectivity index (χ2v) is 3.92. The largest absolute Gasteiger partial charge is 0.507 e. The number of hydrogen-bond acceptors (Lipinski definition) is 5. The second kappa shape index (κ2) is 5.92. The molecule has 5 nitrogen and oxygen atoms in total. The molecule has 0 aliphatic carbocycles. The highest BCUT2D eigenvalue weighted by atomic mass is 19.1. The van der Waals surface area contributed by atoms with Crippen molar-refractivity contribution in [2.24, 2.45) is 5.16 Å². The van der Waals surface area contributed by atoms with Crippen molar-refractivity contribution in [3.05, 3.63) is 59.7 Å². The minimum absolute atomic E-state index is 0.208. The molecule has 0 amide bonds. The maximum Gasteiger partial charge on any atom is 0.332 e. The lowest BCUT2D eigenvalue weighted by Gasteiger charge is -2.08. The molecule has 20 heavy (non-hydrogen) atoms. The number of halogens is 1. The van der Waals surface area contributed by atoms with Gasteiger partial charge in [0.2, 0.25) is 0 Å². The molecule has 0 aliphatic heterocycles. The van der Waals surface area contributed by atoms with Crippen LogP contribution < -0.4 is 0 Å². The summed E-state index contributed by atoms with van der Waals surface area (Å²) in [6, 6.07) is 6.75. The van der Waals surface area contributed by atoms with Gasteiger partial charge in [-0.3, -0.25) is 4.98 Å². The van der Waals surface area contributed by atoms with Gasteiger partial charge in [0.25, 0.3) is 0 Å². The molecular weight excluding hydrogens is 263 g/mol. The summed E-state index contributed by atoms with van der Waals surface area (Å²) in [6.45, 7) is 1.21. The summed E-state index contributed by atoms with van der Waals surface area (Å²) in [5.41, 5.74) is 1.03. The monoisotopic (exact) mass is 274 g/mol. The van der Waals surface area contributed by atoms with Crippen LogP contribution in [0.25, 0.3) is 0 Å². The smallest absolute Gasteiger partial charge is 0.332 e. The molecule has 0 saturated heterocycles. The maximum absolute atomic E-state index is 13.0. The molecule has 1 N–H and O–H groups in total. The first-order chi connectivity index (χ1) is 9.58. The number of aromatic hydroxyl groups is 1. The van der Waals surface area contributed by atoms with Gasteiger partial charge in [0.05, 0.1) is 0 Å². The predicted molar refractivity (Wildman–Crippen MR) is 69.7 cm³/mol. The van der Waals surface area contributed by atoms with Crippen molar-refractivity contribution in [1.29, 1.82) is 0 Å². The molecule has 2 rings (SSSR count). The quantitative estimate of drug-likeness (QED) is 0.529. The first-order valence-corrected chi connectivity index (χ1v) is 5.73. The van der Waals surface area contributed by atoms with E-state index in [9.17, 15) is 14.3 Å². The Bertz CT molecular complexity index is 657. The Hall–Kier alpha value is -2.76. The summed E-state index contributed by atoms with van der Waals surface area (Å²) < 4.78 is 13.0. The van der Waals surface area contributed by atoms with Crippen LogP contribution in [-0.4, -0.2) is 21.8 Å². The fourth-order valence-electron chi connectivity index (χ4n) is 1.58. The van der Waals surface area contributed by atoms with E-state index in [1.165, 1.54) is 31.5 Å². The van der Waals surface area contributed by atoms with Gasteiger partial charge >= 0.3 is 5.97 Å². The summed E-state index contributed by atoms with van der Waals surface area (Å²) in [7, 11) is 0. The van der Waals surface area contributed by atoms with E-state index in [0.717, 1.165) is 6.07 Å². The first-order valence-electron chi connectivity index (χ1n) is 5.73. The van der Waals surface area contributed by atoms with Crippen LogP contribution in [0, 0.1) is 5.82 Å². The van der Waals surface area contributed by atoms with Crippen LogP contribution in [0.1, 0.15) is 18.1 Å². The van der Waals surface area contributed by atoms with E-state index in [1.54, 1.807) is 12.1 Å². The zero-order valence-corrected chi connectivity index (χ0v) is 10.6. The SMILES string of the molecule is CC(=O)O/N=C(\c1ccncc1)c1ccc(F)cc1O. The van der Waals surface area contributed by atoms with Gasteiger partial charge in [-0.2, -0.15) is 0 Å². The van der Waals surface area contributed by atoms with Crippen molar-refractivity contribution >= 4 is 11.7 Å². The minimum atomic E-state index is -0.599. The zero-order valence-electron chi connectivity index (χ0n) is 10.6. The zero-order chi connectivity index (χ0) is 14.5. The number of phenolic OH excluding ortho intramolecular Hbond substituents is 1. The number of carbonyl (C=O) groups is 1. The van der Waals surface area contributed by atoms with Crippen LogP contribution >= 0.6 is 0 Å². The summed E-state index contributed by atoms with van der Waals surface area (Å²) in [5, 5.41) is 13.5. The van der Waals surface area contributed by atoms with E-state index in [0.29, 0.717) is 5.56 Å². The van der Waals surface area contributed by atoms with E-state index >= 15 is 0 Å². The van der Waals surface area contributed by atoms with Crippen molar-refractivity contribution in [1.82, 2.24) is 4.98 Å². The Morgan fingerprint density at radius 2 is 2.00 bits per heavy atom. The molecule has 0 unspecified atom stereocenters. The fourth-order valence-corrected chi connectivity index (χ4v) is 1.58. The fraction of sp³-hybridized carbons (Fsp3) is 0.0714. The summed E-state index contributed by atoms with van der Waals surface area (Å²) >= 11 is 0. The van der Waals surface area contributed by atoms with Crippen molar-refractivity contribution in [2.75, 3.05) is 0 Å². The van der Waals surface area contributed by atoms with Crippen LogP contribution in [-0.2, 0) is 9.63 Å². The Balaban J connectivity index is 2.52. The van der Waals surface area contributed by atoms with E-state index in [4.69, 9.17) is 0 Å². The van der Waals surface area contributed by atoms with Crippen LogP contribution in [0.15, 0.2) is 47.9 Å². The minimum Gasteiger partial charge on any atom is -0.507 e. The van der Waals surface area contributed by atoms with Crippen LogP contribution in [0.3, 0.4) is 0 Å². The lowest BCUT2D eigenvalue weighted by molar-refractivity contribution is -0.140. The lowest BCUT2D eigenvalue weighted by atomic mass is 10.0. The molecule has 1 aromatic carbocycles. The number of hydrogen-bond donors (Lipinski definition) is 1. The lowest BCUT2D eigenvalue weighted by Crippen LogP contribution is -2.06. The molecule has 0 aliphatic rings. The van der Waals surface area contributed by atoms with E-state index in [-0.39, 0.29) is 17.0 Å². The third-order valence-electron chi connectivity index (χ3n) is 2.43. The molecule has 0 atom stereocenters. The number of carbonyl (C=O) groups excluding carboxylic acids is 1. The average molecular weight is 274 g/mol. The highest BCUT2D eigenvalue weighted by Gasteiger charge is 2.13. The van der Waals surface area contributed by atoms with Gasteiger partial charge in [-0.05, 0) is 24.3 Å². The third kappa shape index (κ3) is 3.17. The van der Waals surface area contributed by atoms with Gasteiger partial charge in [0, 0.05) is 36.5 Å². The average Bonchev–Trinajstić information content (AvgIpc) is 2.42. The third-order valence-corrected chi connectivity index (χ3v) is 2.43. The molecule has 6 heteroatoms. The molecule has 0 spiro atoms. The number of aromatic nitrogens is 1. The number of oxime groups is 1. The van der Waals surface area contributed by atoms with Crippen molar-refractivity contribution in [3.8, 4) is 5.75 Å². The standard InChI is InChI=1S/C14H11FN2O3/c1-9(18)20-17-14(10-4-6-16-7-5-10)12-3-2-11(15)8-13(12)19/h2-8,19H,1H3/b17-14+. The Kier molecular flexibility index (Phi) is 4.05. The van der Waals surface area contributed by atoms with Crippen LogP contribution in [0.4, 0.5) is 4.39 Å². The number of rotatable bonds is 3. The molecule has 0 fully saturated rings. The van der Waals surface area contributed by atoms with Gasteiger partial charge in [0.15, 0.2) is 0 Å². The Morgan fingerprint density at radius 1 is 1.30 bits per heavy atom. The summed E-state index contributed by atoms with van der Waals surface area (Å²) in [4.78, 5) is 19.4. The van der Waals surface area contributed by atoms with Gasteiger partial charge < -0.3 is 9.94 Å². The van der Waals surface area contributed by atoms with Gasteiger partial charge in [-0.15, -0.1) is 0 Å². The molecule has 1 heterocycles. The topological polar surface area (TPSA) is 71.8 Å². The maximum atomic E-state index is 13.0. The molecule has 0 saturated carbocycles. The first kappa shape index (κ1) is 13.7. The second-order valence-electron chi connectivity index (χ2n) is 3.92. The molecule has 0 radical (unpaired) electrons. The van der Waals surface area contributed by atoms with Crippen molar-refractivity contribution in [2.45, 2.75) is 6.92 Å². The van der Waals surface area contributed by atoms with E-state index in [1.807, 2.05) is 0 Å². The summed E-state index contributed by atoms with van der Waals surface area (Å²) in [6.07, 6.45) is 3.05. The Morgan fingerprint density at radius 3 is 2.60 bits per heavy atom. The normalized spacial score (nSPS) is 11.2. The van der Waals surface area contributed by atoms with E-state index < -0.39 is 11.8 Å². The molecule has 102 valence electrons. The van der Waals surface area contributed by atoms with Gasteiger partial charge in [-0.1, -0.05) is 5.16 Å². The molecule has 2 aromatic rings. The Labute approximate surface area is 114 Å². The number of pyridine rings is 1. The van der Waals surface area contributed by atoms with Gasteiger partial charge in [0.1, 0.15) is 17.3 Å². The molecular formula is C14H11FN2O3. The number of phenols is 1. The number of benzene rings is 1. The highest BCUT2D eigenvalue weighted by Crippen LogP contribution is 2.22. The van der Waals surface area contributed by atoms with Gasteiger partial charge in [-0.25, -0.2) is 9.18 Å². The van der Waals surface area contributed by atoms with Crippen LogP contribution in [0.2, 0.25) is 0 Å². The summed E-state index contributed by atoms with van der Waals surface area (Å²) in [5.74, 6) is -1.47. The molecule has 1 aromatic heterocycles. The number of nitrogens with zero attached hydrogens (tertiary/aromatic N) is 2. The van der Waals surface area contributed by atoms with Crippen LogP contribution in [0.5, 0.6) is 5.75 Å².